The minimum absolute atomic E-state index is 0.00679. The second-order valence-corrected chi connectivity index (χ2v) is 13.1. The van der Waals surface area contributed by atoms with Crippen LogP contribution in [-0.2, 0) is 32.6 Å². The van der Waals surface area contributed by atoms with Crippen LogP contribution in [0.2, 0.25) is 10.0 Å². The Labute approximate surface area is 269 Å². The van der Waals surface area contributed by atoms with Crippen LogP contribution in [0, 0.1) is 13.8 Å². The number of sulfonamides is 1. The van der Waals surface area contributed by atoms with Crippen LogP contribution in [0.15, 0.2) is 102 Å². The number of halogens is 2. The largest absolute Gasteiger partial charge is 0.355 e. The highest BCUT2D eigenvalue weighted by molar-refractivity contribution is 7.92. The predicted octanol–water partition coefficient (Wildman–Crippen LogP) is 6.58. The van der Waals surface area contributed by atoms with Gasteiger partial charge in [-0.1, -0.05) is 102 Å². The van der Waals surface area contributed by atoms with E-state index in [0.717, 1.165) is 26.6 Å². The molecule has 0 radical (unpaired) electrons. The molecular weight excluding hydrogens is 617 g/mol. The minimum atomic E-state index is -4.29. The zero-order chi connectivity index (χ0) is 31.9. The van der Waals surface area contributed by atoms with Crippen LogP contribution in [0.1, 0.15) is 29.2 Å². The van der Waals surface area contributed by atoms with E-state index >= 15 is 0 Å². The van der Waals surface area contributed by atoms with E-state index in [1.807, 2.05) is 75.4 Å². The van der Waals surface area contributed by atoms with E-state index in [4.69, 9.17) is 23.2 Å². The number of nitrogens with zero attached hydrogens (tertiary/aromatic N) is 2. The average Bonchev–Trinajstić information content (AvgIpc) is 3.01. The molecule has 0 fully saturated rings. The van der Waals surface area contributed by atoms with Crippen molar-refractivity contribution in [2.45, 2.75) is 44.7 Å². The first-order chi connectivity index (χ1) is 21.0. The van der Waals surface area contributed by atoms with E-state index in [1.165, 1.54) is 23.1 Å². The number of carbonyl (C=O) groups excluding carboxylic acids is 2. The van der Waals surface area contributed by atoms with Crippen molar-refractivity contribution in [3.8, 4) is 0 Å². The Morgan fingerprint density at radius 1 is 0.841 bits per heavy atom. The molecule has 0 aromatic heterocycles. The number of nitrogens with one attached hydrogen (secondary N) is 1. The molecule has 4 rings (SSSR count). The number of aryl methyl sites for hydroxylation is 2. The molecule has 0 aliphatic rings. The minimum Gasteiger partial charge on any atom is -0.355 e. The van der Waals surface area contributed by atoms with E-state index < -0.39 is 28.5 Å². The van der Waals surface area contributed by atoms with E-state index in [-0.39, 0.29) is 39.5 Å². The average molecular weight is 653 g/mol. The molecule has 0 saturated heterocycles. The van der Waals surface area contributed by atoms with Gasteiger partial charge in [0.2, 0.25) is 11.8 Å². The Morgan fingerprint density at radius 2 is 1.50 bits per heavy atom. The third-order valence-corrected chi connectivity index (χ3v) is 9.89. The molecule has 7 nitrogen and oxygen atoms in total. The first-order valence-corrected chi connectivity index (χ1v) is 16.4. The fourth-order valence-electron chi connectivity index (χ4n) is 4.85. The first-order valence-electron chi connectivity index (χ1n) is 14.2. The van der Waals surface area contributed by atoms with Crippen LogP contribution in [0.25, 0.3) is 0 Å². The van der Waals surface area contributed by atoms with Crippen molar-refractivity contribution in [3.63, 3.8) is 0 Å². The van der Waals surface area contributed by atoms with Crippen LogP contribution in [-0.4, -0.2) is 44.3 Å². The van der Waals surface area contributed by atoms with Crippen molar-refractivity contribution >= 4 is 50.7 Å². The van der Waals surface area contributed by atoms with E-state index in [0.29, 0.717) is 6.54 Å². The number of hydrogen-bond donors (Lipinski definition) is 1. The van der Waals surface area contributed by atoms with Gasteiger partial charge in [0.15, 0.2) is 0 Å². The Balaban J connectivity index is 1.84. The van der Waals surface area contributed by atoms with Crippen molar-refractivity contribution in [3.05, 3.63) is 129 Å². The molecule has 4 aromatic carbocycles. The van der Waals surface area contributed by atoms with E-state index in [2.05, 4.69) is 5.32 Å². The van der Waals surface area contributed by atoms with Gasteiger partial charge in [-0.05, 0) is 61.7 Å². The summed E-state index contributed by atoms with van der Waals surface area (Å²) in [5.74, 6) is -0.917. The molecule has 230 valence electrons. The summed E-state index contributed by atoms with van der Waals surface area (Å²) in [4.78, 5) is 29.5. The molecule has 0 heterocycles. The molecule has 1 N–H and O–H groups in total. The summed E-state index contributed by atoms with van der Waals surface area (Å²) < 4.78 is 29.3. The van der Waals surface area contributed by atoms with E-state index in [1.54, 1.807) is 24.3 Å². The maximum absolute atomic E-state index is 14.5. The summed E-state index contributed by atoms with van der Waals surface area (Å²) in [7, 11) is -4.29. The van der Waals surface area contributed by atoms with Gasteiger partial charge in [0, 0.05) is 19.5 Å². The molecule has 2 amide bonds. The maximum Gasteiger partial charge on any atom is 0.264 e. The zero-order valence-corrected chi connectivity index (χ0v) is 27.2. The number of hydrogen-bond acceptors (Lipinski definition) is 4. The third kappa shape index (κ3) is 7.80. The lowest BCUT2D eigenvalue weighted by Crippen LogP contribution is -2.53. The van der Waals surface area contributed by atoms with Crippen molar-refractivity contribution in [1.82, 2.24) is 10.2 Å². The van der Waals surface area contributed by atoms with Gasteiger partial charge in [0.05, 0.1) is 20.6 Å². The molecule has 1 atom stereocenters. The Kier molecular flexibility index (Phi) is 11.1. The molecule has 10 heteroatoms. The second-order valence-electron chi connectivity index (χ2n) is 10.4. The Bertz CT molecular complexity index is 1710. The number of amides is 2. The molecule has 44 heavy (non-hydrogen) atoms. The van der Waals surface area contributed by atoms with Crippen LogP contribution < -0.4 is 9.62 Å². The summed E-state index contributed by atoms with van der Waals surface area (Å²) >= 11 is 12.9. The Hall–Kier alpha value is -3.85. The lowest BCUT2D eigenvalue weighted by atomic mass is 10.0. The van der Waals surface area contributed by atoms with Crippen LogP contribution in [0.5, 0.6) is 0 Å². The van der Waals surface area contributed by atoms with Crippen LogP contribution >= 0.6 is 23.2 Å². The molecule has 0 saturated carbocycles. The van der Waals surface area contributed by atoms with Gasteiger partial charge in [0.25, 0.3) is 10.0 Å². The van der Waals surface area contributed by atoms with Gasteiger partial charge in [0.1, 0.15) is 12.6 Å². The number of carbonyl (C=O) groups is 2. The van der Waals surface area contributed by atoms with Gasteiger partial charge >= 0.3 is 0 Å². The normalized spacial score (nSPS) is 11.9. The molecule has 0 aliphatic carbocycles. The van der Waals surface area contributed by atoms with Gasteiger partial charge in [-0.15, -0.1) is 0 Å². The topological polar surface area (TPSA) is 86.8 Å². The van der Waals surface area contributed by atoms with E-state index in [9.17, 15) is 18.0 Å². The molecule has 0 aliphatic heterocycles. The van der Waals surface area contributed by atoms with Gasteiger partial charge in [-0.3, -0.25) is 13.9 Å². The number of benzene rings is 4. The molecule has 0 spiro atoms. The standard InChI is InChI=1S/C34H35Cl2N3O4S/c1-4-37-34(41)31(21-26-12-6-5-7-13-26)38(22-27-14-9-8-11-25(27)3)32(40)23-39(30-16-10-15-29(35)33(30)36)44(42,43)28-19-17-24(2)18-20-28/h5-20,31H,4,21-23H2,1-3H3,(H,37,41)/t31-/m0/s1. The summed E-state index contributed by atoms with van der Waals surface area (Å²) in [5, 5.41) is 3.00. The van der Waals surface area contributed by atoms with Crippen molar-refractivity contribution in [1.29, 1.82) is 0 Å². The van der Waals surface area contributed by atoms with Gasteiger partial charge in [-0.2, -0.15) is 0 Å². The zero-order valence-electron chi connectivity index (χ0n) is 24.8. The number of likely N-dealkylation sites (N-methyl/N-ethyl adjacent to an activating group) is 1. The maximum atomic E-state index is 14.5. The van der Waals surface area contributed by atoms with Gasteiger partial charge < -0.3 is 10.2 Å². The van der Waals surface area contributed by atoms with Crippen LogP contribution in [0.3, 0.4) is 0 Å². The lowest BCUT2D eigenvalue weighted by molar-refractivity contribution is -0.140. The summed E-state index contributed by atoms with van der Waals surface area (Å²) in [6, 6.07) is 27.0. The molecular formula is C34H35Cl2N3O4S. The summed E-state index contributed by atoms with van der Waals surface area (Å²) in [6.07, 6.45) is 0.229. The molecule has 0 unspecified atom stereocenters. The predicted molar refractivity (Wildman–Crippen MR) is 177 cm³/mol. The molecule has 0 bridgehead atoms. The molecule has 4 aromatic rings. The lowest BCUT2D eigenvalue weighted by Gasteiger charge is -2.34. The number of anilines is 1. The second kappa shape index (κ2) is 14.8. The van der Waals surface area contributed by atoms with Crippen molar-refractivity contribution in [2.75, 3.05) is 17.4 Å². The highest BCUT2D eigenvalue weighted by Gasteiger charge is 2.35. The highest BCUT2D eigenvalue weighted by Crippen LogP contribution is 2.35. The SMILES string of the molecule is CCNC(=O)[C@H](Cc1ccccc1)N(Cc1ccccc1C)C(=O)CN(c1cccc(Cl)c1Cl)S(=O)(=O)c1ccc(C)cc1. The third-order valence-electron chi connectivity index (χ3n) is 7.31. The number of rotatable bonds is 12. The Morgan fingerprint density at radius 3 is 2.16 bits per heavy atom. The summed E-state index contributed by atoms with van der Waals surface area (Å²) in [5.41, 5.74) is 3.55. The van der Waals surface area contributed by atoms with Crippen molar-refractivity contribution in [2.24, 2.45) is 0 Å². The highest BCUT2D eigenvalue weighted by atomic mass is 35.5. The van der Waals surface area contributed by atoms with Crippen molar-refractivity contribution < 1.29 is 18.0 Å². The fourth-order valence-corrected chi connectivity index (χ4v) is 6.73. The monoisotopic (exact) mass is 651 g/mol. The smallest absolute Gasteiger partial charge is 0.264 e. The quantitative estimate of drug-likeness (QED) is 0.187. The first kappa shape index (κ1) is 33.1. The summed E-state index contributed by atoms with van der Waals surface area (Å²) in [6.45, 7) is 5.42. The fraction of sp³-hybridized carbons (Fsp3) is 0.235. The van der Waals surface area contributed by atoms with Crippen LogP contribution in [0.4, 0.5) is 5.69 Å². The van der Waals surface area contributed by atoms with Gasteiger partial charge in [-0.25, -0.2) is 8.42 Å².